The van der Waals surface area contributed by atoms with Gasteiger partial charge in [-0.3, -0.25) is 4.79 Å². The van der Waals surface area contributed by atoms with E-state index in [2.05, 4.69) is 15.9 Å². The Kier molecular flexibility index (Phi) is 3.81. The number of methoxy groups -OCH3 is 1. The Morgan fingerprint density at radius 3 is 2.80 bits per heavy atom. The molecule has 0 bridgehead atoms. The molecule has 0 N–H and O–H groups in total. The fourth-order valence-electron chi connectivity index (χ4n) is 1.09. The molecule has 1 aromatic rings. The second-order valence-electron chi connectivity index (χ2n) is 2.71. The van der Waals surface area contributed by atoms with E-state index >= 15 is 0 Å². The third-order valence-corrected chi connectivity index (χ3v) is 2.32. The normalized spacial score (nSPS) is 9.47. The molecule has 0 saturated heterocycles. The summed E-state index contributed by atoms with van der Waals surface area (Å²) < 4.78 is 18.3. The Morgan fingerprint density at radius 1 is 1.67 bits per heavy atom. The van der Waals surface area contributed by atoms with Gasteiger partial charge in [-0.25, -0.2) is 4.39 Å². The van der Waals surface area contributed by atoms with Crippen LogP contribution in [0.4, 0.5) is 4.39 Å². The lowest BCUT2D eigenvalue weighted by Crippen LogP contribution is -2.05. The molecule has 0 aliphatic heterocycles. The monoisotopic (exact) mass is 271 g/mol. The van der Waals surface area contributed by atoms with Crippen LogP contribution in [0.3, 0.4) is 0 Å². The summed E-state index contributed by atoms with van der Waals surface area (Å²) in [5, 5.41) is 8.68. The Hall–Kier alpha value is -1.41. The van der Waals surface area contributed by atoms with Crippen LogP contribution >= 0.6 is 15.9 Å². The number of rotatable bonds is 3. The summed E-state index contributed by atoms with van der Waals surface area (Å²) in [6.07, 6.45) is 0. The molecule has 1 rings (SSSR count). The summed E-state index contributed by atoms with van der Waals surface area (Å²) in [5.41, 5.74) is 0.0559. The predicted octanol–water partition coefficient (Wildman–Crippen LogP) is 2.28. The van der Waals surface area contributed by atoms with Gasteiger partial charge in [0.15, 0.2) is 17.3 Å². The summed E-state index contributed by atoms with van der Waals surface area (Å²) in [4.78, 5) is 11.3. The van der Waals surface area contributed by atoms with Gasteiger partial charge < -0.3 is 4.74 Å². The van der Waals surface area contributed by atoms with Crippen LogP contribution in [-0.2, 0) is 0 Å². The third-order valence-electron chi connectivity index (χ3n) is 1.81. The molecule has 15 heavy (non-hydrogen) atoms. The van der Waals surface area contributed by atoms with Gasteiger partial charge >= 0.3 is 0 Å². The van der Waals surface area contributed by atoms with Gasteiger partial charge in [-0.05, 0) is 6.07 Å². The lowest BCUT2D eigenvalue weighted by atomic mass is 10.1. The quantitative estimate of drug-likeness (QED) is 0.626. The maximum atomic E-state index is 13.6. The van der Waals surface area contributed by atoms with E-state index in [0.29, 0.717) is 0 Å². The fraction of sp³-hybridized carbons (Fsp3) is 0.200. The Morgan fingerprint density at radius 2 is 2.33 bits per heavy atom. The molecule has 0 aliphatic rings. The highest BCUT2D eigenvalue weighted by Crippen LogP contribution is 2.23. The highest BCUT2D eigenvalue weighted by Gasteiger charge is 2.16. The standard InChI is InChI=1S/C10H7BrFNO2/c1-15-9-3-6(5-13)2-7(10(9)12)8(14)4-11/h2-3H,4H2,1H3. The average Bonchev–Trinajstić information content (AvgIpc) is 2.28. The van der Waals surface area contributed by atoms with Crippen molar-refractivity contribution in [3.63, 3.8) is 0 Å². The van der Waals surface area contributed by atoms with E-state index in [1.165, 1.54) is 19.2 Å². The number of hydrogen-bond donors (Lipinski definition) is 0. The van der Waals surface area contributed by atoms with Gasteiger partial charge in [0.1, 0.15) is 0 Å². The molecule has 0 atom stereocenters. The van der Waals surface area contributed by atoms with Crippen LogP contribution in [0.5, 0.6) is 5.75 Å². The van der Waals surface area contributed by atoms with E-state index in [1.807, 2.05) is 6.07 Å². The number of carbonyl (C=O) groups is 1. The minimum absolute atomic E-state index is 0.00194. The molecule has 0 spiro atoms. The largest absolute Gasteiger partial charge is 0.494 e. The molecule has 1 aromatic carbocycles. The summed E-state index contributed by atoms with van der Waals surface area (Å²) in [7, 11) is 1.28. The molecular weight excluding hydrogens is 265 g/mol. The zero-order chi connectivity index (χ0) is 11.4. The highest BCUT2D eigenvalue weighted by atomic mass is 79.9. The van der Waals surface area contributed by atoms with Gasteiger partial charge in [0.05, 0.1) is 29.6 Å². The maximum Gasteiger partial charge on any atom is 0.176 e. The van der Waals surface area contributed by atoms with Crippen LogP contribution < -0.4 is 4.74 Å². The van der Waals surface area contributed by atoms with E-state index in [9.17, 15) is 9.18 Å². The SMILES string of the molecule is COc1cc(C#N)cc(C(=O)CBr)c1F. The number of hydrogen-bond acceptors (Lipinski definition) is 3. The number of benzene rings is 1. The van der Waals surface area contributed by atoms with Crippen molar-refractivity contribution in [2.75, 3.05) is 12.4 Å². The maximum absolute atomic E-state index is 13.6. The molecule has 0 unspecified atom stereocenters. The molecular formula is C10H7BrFNO2. The fourth-order valence-corrected chi connectivity index (χ4v) is 1.39. The van der Waals surface area contributed by atoms with Crippen LogP contribution in [0.2, 0.25) is 0 Å². The number of Topliss-reactive ketones (excluding diaryl/α,β-unsaturated/α-hetero) is 1. The van der Waals surface area contributed by atoms with E-state index in [1.54, 1.807) is 0 Å². The molecule has 0 saturated carbocycles. The molecule has 0 fully saturated rings. The summed E-state index contributed by atoms with van der Waals surface area (Å²) in [6.45, 7) is 0. The molecule has 0 heterocycles. The first-order valence-corrected chi connectivity index (χ1v) is 5.13. The van der Waals surface area contributed by atoms with Gasteiger partial charge in [-0.15, -0.1) is 0 Å². The lowest BCUT2D eigenvalue weighted by Gasteiger charge is -2.06. The number of alkyl halides is 1. The van der Waals surface area contributed by atoms with Gasteiger partial charge in [-0.1, -0.05) is 15.9 Å². The number of nitriles is 1. The van der Waals surface area contributed by atoms with E-state index in [0.717, 1.165) is 0 Å². The van der Waals surface area contributed by atoms with Gasteiger partial charge in [-0.2, -0.15) is 5.26 Å². The van der Waals surface area contributed by atoms with Crippen molar-refractivity contribution < 1.29 is 13.9 Å². The van der Waals surface area contributed by atoms with Crippen molar-refractivity contribution in [1.29, 1.82) is 5.26 Å². The van der Waals surface area contributed by atoms with Crippen molar-refractivity contribution >= 4 is 21.7 Å². The summed E-state index contributed by atoms with van der Waals surface area (Å²) >= 11 is 2.94. The zero-order valence-corrected chi connectivity index (χ0v) is 9.47. The minimum atomic E-state index is -0.735. The van der Waals surface area contributed by atoms with Gasteiger partial charge in [0, 0.05) is 6.07 Å². The third kappa shape index (κ3) is 2.34. The van der Waals surface area contributed by atoms with Gasteiger partial charge in [0.25, 0.3) is 0 Å². The van der Waals surface area contributed by atoms with Crippen LogP contribution in [0, 0.1) is 17.1 Å². The number of ketones is 1. The Labute approximate surface area is 94.6 Å². The number of ether oxygens (including phenoxy) is 1. The molecule has 78 valence electrons. The smallest absolute Gasteiger partial charge is 0.176 e. The number of halogens is 2. The summed E-state index contributed by atoms with van der Waals surface area (Å²) in [5.74, 6) is -1.26. The molecule has 3 nitrogen and oxygen atoms in total. The average molecular weight is 272 g/mol. The molecule has 0 amide bonds. The van der Waals surface area contributed by atoms with E-state index < -0.39 is 11.6 Å². The molecule has 0 aromatic heterocycles. The Balaban J connectivity index is 3.38. The molecule has 0 radical (unpaired) electrons. The highest BCUT2D eigenvalue weighted by molar-refractivity contribution is 9.09. The second-order valence-corrected chi connectivity index (χ2v) is 3.27. The summed E-state index contributed by atoms with van der Waals surface area (Å²) in [6, 6.07) is 4.29. The minimum Gasteiger partial charge on any atom is -0.494 e. The second kappa shape index (κ2) is 4.89. The first kappa shape index (κ1) is 11.7. The molecule has 5 heteroatoms. The lowest BCUT2D eigenvalue weighted by molar-refractivity contribution is 0.101. The van der Waals surface area contributed by atoms with Crippen molar-refractivity contribution in [2.45, 2.75) is 0 Å². The number of nitrogens with zero attached hydrogens (tertiary/aromatic N) is 1. The van der Waals surface area contributed by atoms with Crippen molar-refractivity contribution in [3.05, 3.63) is 29.1 Å². The molecule has 0 aliphatic carbocycles. The van der Waals surface area contributed by atoms with Gasteiger partial charge in [0.2, 0.25) is 0 Å². The Bertz CT molecular complexity index is 440. The van der Waals surface area contributed by atoms with Crippen LogP contribution in [0.15, 0.2) is 12.1 Å². The van der Waals surface area contributed by atoms with Crippen molar-refractivity contribution in [2.24, 2.45) is 0 Å². The van der Waals surface area contributed by atoms with Crippen LogP contribution in [0.1, 0.15) is 15.9 Å². The zero-order valence-electron chi connectivity index (χ0n) is 7.88. The first-order chi connectivity index (χ1) is 7.13. The topological polar surface area (TPSA) is 50.1 Å². The van der Waals surface area contributed by atoms with E-state index in [-0.39, 0.29) is 22.2 Å². The van der Waals surface area contributed by atoms with Crippen molar-refractivity contribution in [3.8, 4) is 11.8 Å². The van der Waals surface area contributed by atoms with Crippen LogP contribution in [0.25, 0.3) is 0 Å². The predicted molar refractivity (Wildman–Crippen MR) is 55.8 cm³/mol. The number of carbonyl (C=O) groups excluding carboxylic acids is 1. The first-order valence-electron chi connectivity index (χ1n) is 4.00. The van der Waals surface area contributed by atoms with E-state index in [4.69, 9.17) is 10.00 Å². The van der Waals surface area contributed by atoms with Crippen LogP contribution in [-0.4, -0.2) is 18.2 Å². The van der Waals surface area contributed by atoms with Crippen molar-refractivity contribution in [1.82, 2.24) is 0 Å².